The number of carbonyl (C=O) groups is 1. The van der Waals surface area contributed by atoms with Crippen molar-refractivity contribution in [3.05, 3.63) is 52.9 Å². The molecule has 1 amide bonds. The molecule has 10 heteroatoms. The lowest BCUT2D eigenvalue weighted by Crippen LogP contribution is -2.10. The minimum absolute atomic E-state index is 0.243. The molecule has 4 heterocycles. The van der Waals surface area contributed by atoms with Gasteiger partial charge in [-0.1, -0.05) is 23.1 Å². The average Bonchev–Trinajstić information content (AvgIpc) is 3.41. The normalized spacial score (nSPS) is 11.0. The number of nitrogens with zero attached hydrogens (tertiary/aromatic N) is 4. The molecule has 7 nitrogen and oxygen atoms in total. The van der Waals surface area contributed by atoms with Crippen molar-refractivity contribution in [1.29, 1.82) is 0 Å². The summed E-state index contributed by atoms with van der Waals surface area (Å²) in [7, 11) is 1.93. The van der Waals surface area contributed by atoms with Gasteiger partial charge in [-0.05, 0) is 23.6 Å². The summed E-state index contributed by atoms with van der Waals surface area (Å²) < 4.78 is 7.56. The number of aryl methyl sites for hydroxylation is 1. The van der Waals surface area contributed by atoms with Crippen molar-refractivity contribution in [2.45, 2.75) is 10.9 Å². The van der Waals surface area contributed by atoms with E-state index in [0.717, 1.165) is 15.7 Å². The molecule has 0 saturated heterocycles. The zero-order chi connectivity index (χ0) is 17.9. The Morgan fingerprint density at radius 3 is 3.04 bits per heavy atom. The van der Waals surface area contributed by atoms with Crippen LogP contribution >= 0.6 is 34.4 Å². The van der Waals surface area contributed by atoms with E-state index < -0.39 is 0 Å². The van der Waals surface area contributed by atoms with Crippen LogP contribution in [0.4, 0.5) is 5.13 Å². The number of aromatic nitrogens is 4. The molecule has 0 unspecified atom stereocenters. The van der Waals surface area contributed by atoms with Crippen molar-refractivity contribution in [2.24, 2.45) is 7.05 Å². The number of nitrogens with one attached hydrogen (secondary N) is 1. The second-order valence-corrected chi connectivity index (χ2v) is 7.95. The van der Waals surface area contributed by atoms with Crippen LogP contribution in [0, 0.1) is 0 Å². The maximum absolute atomic E-state index is 12.3. The monoisotopic (exact) mass is 403 g/mol. The summed E-state index contributed by atoms with van der Waals surface area (Å²) in [6, 6.07) is 5.42. The maximum atomic E-state index is 12.3. The van der Waals surface area contributed by atoms with E-state index >= 15 is 0 Å². The summed E-state index contributed by atoms with van der Waals surface area (Å²) in [4.78, 5) is 16.6. The number of hydrogen-bond acceptors (Lipinski definition) is 8. The van der Waals surface area contributed by atoms with Crippen LogP contribution in [-0.4, -0.2) is 25.7 Å². The largest absolute Gasteiger partial charge is 0.455 e. The first-order chi connectivity index (χ1) is 12.7. The zero-order valence-electron chi connectivity index (χ0n) is 13.6. The van der Waals surface area contributed by atoms with Crippen LogP contribution in [0.1, 0.15) is 16.3 Å². The van der Waals surface area contributed by atoms with Crippen molar-refractivity contribution in [2.75, 3.05) is 5.32 Å². The van der Waals surface area contributed by atoms with Crippen LogP contribution in [0.15, 0.2) is 50.9 Å². The van der Waals surface area contributed by atoms with Crippen LogP contribution < -0.4 is 5.32 Å². The molecule has 0 saturated carbocycles. The second-order valence-electron chi connectivity index (χ2n) is 5.25. The van der Waals surface area contributed by atoms with Gasteiger partial charge < -0.3 is 8.98 Å². The molecule has 26 heavy (non-hydrogen) atoms. The molecule has 1 N–H and O–H groups in total. The third-order valence-corrected chi connectivity index (χ3v) is 6.07. The Hall–Kier alpha value is -2.43. The van der Waals surface area contributed by atoms with E-state index in [0.29, 0.717) is 16.6 Å². The summed E-state index contributed by atoms with van der Waals surface area (Å²) in [5.74, 6) is 1.21. The number of imidazole rings is 1. The predicted molar refractivity (Wildman–Crippen MR) is 103 cm³/mol. The highest BCUT2D eigenvalue weighted by Gasteiger charge is 2.15. The third kappa shape index (κ3) is 3.71. The van der Waals surface area contributed by atoms with Crippen molar-refractivity contribution in [1.82, 2.24) is 19.7 Å². The van der Waals surface area contributed by atoms with Gasteiger partial charge in [0.2, 0.25) is 5.13 Å². The van der Waals surface area contributed by atoms with Crippen molar-refractivity contribution >= 4 is 45.5 Å². The first kappa shape index (κ1) is 17.0. The molecule has 0 bridgehead atoms. The Morgan fingerprint density at radius 2 is 2.27 bits per heavy atom. The van der Waals surface area contributed by atoms with Gasteiger partial charge in [0.1, 0.15) is 10.8 Å². The molecular weight excluding hydrogens is 390 g/mol. The second kappa shape index (κ2) is 7.44. The van der Waals surface area contributed by atoms with Crippen LogP contribution in [-0.2, 0) is 12.8 Å². The van der Waals surface area contributed by atoms with Gasteiger partial charge in [0.05, 0.1) is 5.75 Å². The van der Waals surface area contributed by atoms with E-state index in [1.807, 2.05) is 34.6 Å². The summed E-state index contributed by atoms with van der Waals surface area (Å²) in [5, 5.41) is 16.9. The Morgan fingerprint density at radius 1 is 1.35 bits per heavy atom. The number of anilines is 1. The summed E-state index contributed by atoms with van der Waals surface area (Å²) >= 11 is 4.46. The van der Waals surface area contributed by atoms with Gasteiger partial charge in [0, 0.05) is 30.4 Å². The molecule has 0 aliphatic rings. The minimum atomic E-state index is -0.341. The highest BCUT2D eigenvalue weighted by molar-refractivity contribution is 7.98. The van der Waals surface area contributed by atoms with Gasteiger partial charge in [0.25, 0.3) is 5.91 Å². The fourth-order valence-corrected chi connectivity index (χ4v) is 4.42. The van der Waals surface area contributed by atoms with Crippen molar-refractivity contribution < 1.29 is 9.21 Å². The molecule has 0 aliphatic heterocycles. The van der Waals surface area contributed by atoms with E-state index in [1.54, 1.807) is 41.4 Å². The smallest absolute Gasteiger partial charge is 0.293 e. The summed E-state index contributed by atoms with van der Waals surface area (Å²) in [6.45, 7) is 0. The predicted octanol–water partition coefficient (Wildman–Crippen LogP) is 4.14. The number of thioether (sulfide) groups is 1. The number of carbonyl (C=O) groups excluding carboxylic acids is 1. The summed E-state index contributed by atoms with van der Waals surface area (Å²) in [5.41, 5.74) is 1.000. The molecule has 0 aliphatic carbocycles. The molecule has 0 aromatic carbocycles. The highest BCUT2D eigenvalue weighted by atomic mass is 32.2. The lowest BCUT2D eigenvalue weighted by molar-refractivity contribution is 0.0995. The Balaban J connectivity index is 1.38. The lowest BCUT2D eigenvalue weighted by atomic mass is 10.4. The molecule has 4 aromatic heterocycles. The standard InChI is InChI=1S/C16H13N5O2S3/c1-21-6-5-17-16(21)25-9-11-2-3-12(23-11)13(22)18-15-20-19-14(26-15)10-4-7-24-8-10/h2-8H,9H2,1H3,(H,18,20,22). The zero-order valence-corrected chi connectivity index (χ0v) is 16.0. The maximum Gasteiger partial charge on any atom is 0.293 e. The van der Waals surface area contributed by atoms with Crippen LogP contribution in [0.3, 0.4) is 0 Å². The fraction of sp³-hybridized carbons (Fsp3) is 0.125. The van der Waals surface area contributed by atoms with Gasteiger partial charge in [-0.15, -0.1) is 10.2 Å². The van der Waals surface area contributed by atoms with Crippen LogP contribution in [0.25, 0.3) is 10.6 Å². The Kier molecular flexibility index (Phi) is 4.87. The molecule has 4 rings (SSSR count). The molecule has 4 aromatic rings. The van der Waals surface area contributed by atoms with E-state index in [-0.39, 0.29) is 11.7 Å². The van der Waals surface area contributed by atoms with Gasteiger partial charge in [-0.2, -0.15) is 11.3 Å². The summed E-state index contributed by atoms with van der Waals surface area (Å²) in [6.07, 6.45) is 3.63. The van der Waals surface area contributed by atoms with Gasteiger partial charge in [0.15, 0.2) is 10.9 Å². The number of hydrogen-bond donors (Lipinski definition) is 1. The van der Waals surface area contributed by atoms with Crippen LogP contribution in [0.5, 0.6) is 0 Å². The average molecular weight is 404 g/mol. The van der Waals surface area contributed by atoms with E-state index in [1.165, 1.54) is 11.3 Å². The topological polar surface area (TPSA) is 85.8 Å². The molecule has 0 fully saturated rings. The third-order valence-electron chi connectivity index (χ3n) is 3.42. The lowest BCUT2D eigenvalue weighted by Gasteiger charge is -1.99. The van der Waals surface area contributed by atoms with Crippen molar-refractivity contribution in [3.8, 4) is 10.6 Å². The number of amides is 1. The Labute approximate surface area is 161 Å². The van der Waals surface area contributed by atoms with E-state index in [4.69, 9.17) is 4.42 Å². The van der Waals surface area contributed by atoms with E-state index in [9.17, 15) is 4.79 Å². The minimum Gasteiger partial charge on any atom is -0.455 e. The SMILES string of the molecule is Cn1ccnc1SCc1ccc(C(=O)Nc2nnc(-c3ccsc3)s2)o1. The van der Waals surface area contributed by atoms with Crippen LogP contribution in [0.2, 0.25) is 0 Å². The quantitative estimate of drug-likeness (QED) is 0.487. The molecule has 0 atom stereocenters. The van der Waals surface area contributed by atoms with Gasteiger partial charge in [-0.25, -0.2) is 4.98 Å². The first-order valence-corrected chi connectivity index (χ1v) is 10.3. The first-order valence-electron chi connectivity index (χ1n) is 7.55. The number of furan rings is 1. The highest BCUT2D eigenvalue weighted by Crippen LogP contribution is 2.28. The molecule has 132 valence electrons. The molecule has 0 radical (unpaired) electrons. The molecular formula is C16H13N5O2S3. The fourth-order valence-electron chi connectivity index (χ4n) is 2.14. The Bertz CT molecular complexity index is 1020. The van der Waals surface area contributed by atoms with E-state index in [2.05, 4.69) is 20.5 Å². The van der Waals surface area contributed by atoms with Gasteiger partial charge in [-0.3, -0.25) is 10.1 Å². The van der Waals surface area contributed by atoms with Gasteiger partial charge >= 0.3 is 0 Å². The number of rotatable bonds is 6. The van der Waals surface area contributed by atoms with Crippen molar-refractivity contribution in [3.63, 3.8) is 0 Å². The molecule has 0 spiro atoms. The number of thiophene rings is 1.